The highest BCUT2D eigenvalue weighted by atomic mass is 16.6. The Balaban J connectivity index is 2.09. The number of aryl methyl sites for hydroxylation is 1. The van der Waals surface area contributed by atoms with Crippen LogP contribution in [0.4, 0.5) is 11.5 Å². The molecule has 0 amide bonds. The molecular weight excluding hydrogens is 310 g/mol. The maximum atomic E-state index is 12.7. The zero-order valence-corrected chi connectivity index (χ0v) is 13.2. The standard InChI is InChI=1S/C17H17N3O4/c1-2-24-16(21)17(10-9-12-6-3-4-7-13(12)17)19-15-14(20(22)23)8-5-11-18-15/h3-8,11H,2,9-10H2,1H3,(H,18,19)/t17-/m1/s1. The van der Waals surface area contributed by atoms with E-state index in [1.54, 1.807) is 6.92 Å². The van der Waals surface area contributed by atoms with E-state index in [2.05, 4.69) is 10.3 Å². The Labute approximate surface area is 138 Å². The van der Waals surface area contributed by atoms with Gasteiger partial charge in [0.1, 0.15) is 0 Å². The van der Waals surface area contributed by atoms with Crippen molar-refractivity contribution in [1.29, 1.82) is 0 Å². The number of nitrogens with one attached hydrogen (secondary N) is 1. The number of hydrogen-bond donors (Lipinski definition) is 1. The van der Waals surface area contributed by atoms with Crippen LogP contribution in [0.25, 0.3) is 0 Å². The summed E-state index contributed by atoms with van der Waals surface area (Å²) in [6.45, 7) is 1.96. The lowest BCUT2D eigenvalue weighted by Gasteiger charge is -2.29. The number of pyridine rings is 1. The van der Waals surface area contributed by atoms with Gasteiger partial charge < -0.3 is 10.1 Å². The lowest BCUT2D eigenvalue weighted by atomic mass is 9.91. The summed E-state index contributed by atoms with van der Waals surface area (Å²) in [7, 11) is 0. The largest absolute Gasteiger partial charge is 0.464 e. The minimum Gasteiger partial charge on any atom is -0.464 e. The second-order valence-corrected chi connectivity index (χ2v) is 5.54. The van der Waals surface area contributed by atoms with Gasteiger partial charge in [0.05, 0.1) is 11.5 Å². The third kappa shape index (κ3) is 2.58. The fourth-order valence-corrected chi connectivity index (χ4v) is 3.10. The van der Waals surface area contributed by atoms with Crippen LogP contribution in [0.3, 0.4) is 0 Å². The Morgan fingerprint density at radius 1 is 1.38 bits per heavy atom. The minimum atomic E-state index is -1.16. The predicted octanol–water partition coefficient (Wildman–Crippen LogP) is 2.81. The Morgan fingerprint density at radius 3 is 2.92 bits per heavy atom. The van der Waals surface area contributed by atoms with Crippen LogP contribution in [0.5, 0.6) is 0 Å². The number of benzene rings is 1. The number of nitro groups is 1. The molecule has 1 aliphatic rings. The van der Waals surface area contributed by atoms with E-state index in [1.807, 2.05) is 24.3 Å². The number of esters is 1. The number of fused-ring (bicyclic) bond motifs is 1. The number of nitrogens with zero attached hydrogens (tertiary/aromatic N) is 2. The van der Waals surface area contributed by atoms with Gasteiger partial charge in [0.2, 0.25) is 5.82 Å². The average molecular weight is 327 g/mol. The number of ether oxygens (including phenoxy) is 1. The Bertz CT molecular complexity index is 793. The third-order valence-electron chi connectivity index (χ3n) is 4.19. The molecule has 0 saturated carbocycles. The smallest absolute Gasteiger partial charge is 0.336 e. The zero-order chi connectivity index (χ0) is 17.2. The fourth-order valence-electron chi connectivity index (χ4n) is 3.10. The summed E-state index contributed by atoms with van der Waals surface area (Å²) in [6, 6.07) is 10.4. The molecule has 0 fully saturated rings. The molecule has 0 spiro atoms. The summed E-state index contributed by atoms with van der Waals surface area (Å²) in [6.07, 6.45) is 2.59. The molecule has 0 saturated heterocycles. The Hall–Kier alpha value is -2.96. The summed E-state index contributed by atoms with van der Waals surface area (Å²) < 4.78 is 5.26. The van der Waals surface area contributed by atoms with Crippen LogP contribution in [-0.2, 0) is 21.5 Å². The van der Waals surface area contributed by atoms with Crippen LogP contribution in [0, 0.1) is 10.1 Å². The molecule has 1 heterocycles. The van der Waals surface area contributed by atoms with Gasteiger partial charge in [0.25, 0.3) is 0 Å². The Kier molecular flexibility index (Phi) is 4.16. The van der Waals surface area contributed by atoms with Crippen molar-refractivity contribution in [2.75, 3.05) is 11.9 Å². The molecule has 1 N–H and O–H groups in total. The van der Waals surface area contributed by atoms with E-state index in [1.165, 1.54) is 18.3 Å². The van der Waals surface area contributed by atoms with E-state index in [4.69, 9.17) is 4.74 Å². The van der Waals surface area contributed by atoms with Crippen LogP contribution in [-0.4, -0.2) is 22.5 Å². The van der Waals surface area contributed by atoms with E-state index < -0.39 is 16.4 Å². The first kappa shape index (κ1) is 15.9. The van der Waals surface area contributed by atoms with Crippen molar-refractivity contribution < 1.29 is 14.5 Å². The topological polar surface area (TPSA) is 94.4 Å². The van der Waals surface area contributed by atoms with E-state index in [9.17, 15) is 14.9 Å². The van der Waals surface area contributed by atoms with Crippen molar-refractivity contribution >= 4 is 17.5 Å². The SMILES string of the molecule is CCOC(=O)[C@@]1(Nc2ncccc2[N+](=O)[O-])CCc2ccccc21. The highest BCUT2D eigenvalue weighted by molar-refractivity contribution is 5.88. The summed E-state index contributed by atoms with van der Waals surface area (Å²) in [5.74, 6) is -0.387. The molecular formula is C17H17N3O4. The van der Waals surface area contributed by atoms with Gasteiger partial charge in [-0.1, -0.05) is 24.3 Å². The highest BCUT2D eigenvalue weighted by Crippen LogP contribution is 2.41. The maximum Gasteiger partial charge on any atom is 0.336 e. The third-order valence-corrected chi connectivity index (χ3v) is 4.19. The molecule has 3 rings (SSSR count). The summed E-state index contributed by atoms with van der Waals surface area (Å²) in [5, 5.41) is 14.3. The van der Waals surface area contributed by atoms with E-state index in [0.29, 0.717) is 12.8 Å². The molecule has 1 aliphatic carbocycles. The van der Waals surface area contributed by atoms with Gasteiger partial charge >= 0.3 is 11.7 Å². The number of carbonyl (C=O) groups excluding carboxylic acids is 1. The second kappa shape index (κ2) is 6.27. The van der Waals surface area contributed by atoms with Crippen molar-refractivity contribution in [3.8, 4) is 0 Å². The van der Waals surface area contributed by atoms with Gasteiger partial charge in [-0.2, -0.15) is 0 Å². The number of rotatable bonds is 5. The molecule has 24 heavy (non-hydrogen) atoms. The van der Waals surface area contributed by atoms with E-state index in [-0.39, 0.29) is 18.1 Å². The highest BCUT2D eigenvalue weighted by Gasteiger charge is 2.47. The summed E-state index contributed by atoms with van der Waals surface area (Å²) >= 11 is 0. The molecule has 7 heteroatoms. The van der Waals surface area contributed by atoms with Crippen LogP contribution in [0.1, 0.15) is 24.5 Å². The lowest BCUT2D eigenvalue weighted by molar-refractivity contribution is -0.384. The molecule has 0 bridgehead atoms. The summed E-state index contributed by atoms with van der Waals surface area (Å²) in [4.78, 5) is 27.5. The van der Waals surface area contributed by atoms with Gasteiger partial charge in [0, 0.05) is 12.3 Å². The first-order valence-corrected chi connectivity index (χ1v) is 7.71. The molecule has 1 atom stereocenters. The van der Waals surface area contributed by atoms with Gasteiger partial charge in [-0.05, 0) is 37.0 Å². The molecule has 2 aromatic rings. The normalized spacial score (nSPS) is 18.7. The first-order chi connectivity index (χ1) is 11.6. The van der Waals surface area contributed by atoms with Gasteiger partial charge in [-0.25, -0.2) is 9.78 Å². The van der Waals surface area contributed by atoms with Crippen molar-refractivity contribution in [3.05, 3.63) is 63.8 Å². The summed E-state index contributed by atoms with van der Waals surface area (Å²) in [5.41, 5.74) is 0.469. The molecule has 0 aliphatic heterocycles. The molecule has 0 radical (unpaired) electrons. The molecule has 7 nitrogen and oxygen atoms in total. The van der Waals surface area contributed by atoms with Crippen molar-refractivity contribution in [1.82, 2.24) is 4.98 Å². The predicted molar refractivity (Wildman–Crippen MR) is 87.6 cm³/mol. The van der Waals surface area contributed by atoms with E-state index in [0.717, 1.165) is 11.1 Å². The minimum absolute atomic E-state index is 0.0623. The molecule has 1 aromatic heterocycles. The van der Waals surface area contributed by atoms with Crippen molar-refractivity contribution in [2.45, 2.75) is 25.3 Å². The van der Waals surface area contributed by atoms with Crippen LogP contribution in [0.15, 0.2) is 42.6 Å². The average Bonchev–Trinajstić information content (AvgIpc) is 2.95. The quantitative estimate of drug-likeness (QED) is 0.515. The van der Waals surface area contributed by atoms with Gasteiger partial charge in [-0.3, -0.25) is 10.1 Å². The van der Waals surface area contributed by atoms with Crippen LogP contribution in [0.2, 0.25) is 0 Å². The van der Waals surface area contributed by atoms with Crippen LogP contribution < -0.4 is 5.32 Å². The molecule has 1 aromatic carbocycles. The van der Waals surface area contributed by atoms with Crippen LogP contribution >= 0.6 is 0 Å². The fraction of sp³-hybridized carbons (Fsp3) is 0.294. The van der Waals surface area contributed by atoms with Gasteiger partial charge in [-0.15, -0.1) is 0 Å². The second-order valence-electron chi connectivity index (χ2n) is 5.54. The first-order valence-electron chi connectivity index (χ1n) is 7.71. The van der Waals surface area contributed by atoms with Crippen molar-refractivity contribution in [2.24, 2.45) is 0 Å². The molecule has 0 unspecified atom stereocenters. The monoisotopic (exact) mass is 327 g/mol. The Morgan fingerprint density at radius 2 is 2.17 bits per heavy atom. The number of anilines is 1. The van der Waals surface area contributed by atoms with E-state index >= 15 is 0 Å². The number of aromatic nitrogens is 1. The molecule has 124 valence electrons. The van der Waals surface area contributed by atoms with Crippen molar-refractivity contribution in [3.63, 3.8) is 0 Å². The van der Waals surface area contributed by atoms with Gasteiger partial charge in [0.15, 0.2) is 5.54 Å². The number of hydrogen-bond acceptors (Lipinski definition) is 6. The maximum absolute atomic E-state index is 12.7. The number of carbonyl (C=O) groups is 1. The lowest BCUT2D eigenvalue weighted by Crippen LogP contribution is -2.43. The zero-order valence-electron chi connectivity index (χ0n) is 13.2.